The van der Waals surface area contributed by atoms with Crippen molar-refractivity contribution in [3.63, 3.8) is 0 Å². The normalized spacial score (nSPS) is 15.5. The van der Waals surface area contributed by atoms with Crippen LogP contribution in [0.3, 0.4) is 0 Å². The molecule has 0 radical (unpaired) electrons. The van der Waals surface area contributed by atoms with Gasteiger partial charge in [-0.25, -0.2) is 4.98 Å². The number of nitrogens with zero attached hydrogens (tertiary/aromatic N) is 5. The third-order valence-electron chi connectivity index (χ3n) is 3.63. The SMILES string of the molecule is CCCn1nccc1C(=O)N1CCN(c2nccs2)CC1. The first-order valence-electron chi connectivity index (χ1n) is 7.25. The summed E-state index contributed by atoms with van der Waals surface area (Å²) in [7, 11) is 0. The number of hydrogen-bond donors (Lipinski definition) is 0. The van der Waals surface area contributed by atoms with Crippen molar-refractivity contribution in [2.75, 3.05) is 31.1 Å². The molecule has 0 atom stereocenters. The highest BCUT2D eigenvalue weighted by atomic mass is 32.1. The first-order chi connectivity index (χ1) is 10.3. The van der Waals surface area contributed by atoms with Gasteiger partial charge < -0.3 is 9.80 Å². The van der Waals surface area contributed by atoms with E-state index < -0.39 is 0 Å². The van der Waals surface area contributed by atoms with E-state index in [9.17, 15) is 4.79 Å². The molecule has 1 amide bonds. The molecule has 2 aromatic heterocycles. The van der Waals surface area contributed by atoms with Crippen molar-refractivity contribution in [1.29, 1.82) is 0 Å². The Balaban J connectivity index is 1.63. The molecule has 3 rings (SSSR count). The van der Waals surface area contributed by atoms with Gasteiger partial charge in [0.15, 0.2) is 5.13 Å². The van der Waals surface area contributed by atoms with Crippen LogP contribution < -0.4 is 4.90 Å². The van der Waals surface area contributed by atoms with Crippen LogP contribution in [-0.2, 0) is 6.54 Å². The fourth-order valence-corrected chi connectivity index (χ4v) is 3.24. The van der Waals surface area contributed by atoms with Crippen molar-refractivity contribution in [1.82, 2.24) is 19.7 Å². The Bertz CT molecular complexity index is 586. The molecule has 1 aliphatic heterocycles. The maximum atomic E-state index is 12.6. The summed E-state index contributed by atoms with van der Waals surface area (Å²) >= 11 is 1.64. The monoisotopic (exact) mass is 305 g/mol. The molecule has 0 N–H and O–H groups in total. The summed E-state index contributed by atoms with van der Waals surface area (Å²) < 4.78 is 1.80. The molecule has 112 valence electrons. The fourth-order valence-electron chi connectivity index (χ4n) is 2.54. The number of amides is 1. The van der Waals surface area contributed by atoms with Gasteiger partial charge in [-0.15, -0.1) is 11.3 Å². The van der Waals surface area contributed by atoms with Gasteiger partial charge in [-0.05, 0) is 12.5 Å². The number of rotatable bonds is 4. The molecule has 0 unspecified atom stereocenters. The average Bonchev–Trinajstić information content (AvgIpc) is 3.19. The van der Waals surface area contributed by atoms with Gasteiger partial charge in [-0.1, -0.05) is 6.92 Å². The lowest BCUT2D eigenvalue weighted by atomic mass is 10.3. The van der Waals surface area contributed by atoms with Crippen molar-refractivity contribution < 1.29 is 4.79 Å². The van der Waals surface area contributed by atoms with E-state index >= 15 is 0 Å². The Kier molecular flexibility index (Phi) is 4.19. The van der Waals surface area contributed by atoms with Crippen molar-refractivity contribution in [3.8, 4) is 0 Å². The molecular weight excluding hydrogens is 286 g/mol. The number of hydrogen-bond acceptors (Lipinski definition) is 5. The number of piperazine rings is 1. The zero-order valence-electron chi connectivity index (χ0n) is 12.1. The zero-order valence-corrected chi connectivity index (χ0v) is 12.9. The van der Waals surface area contributed by atoms with E-state index in [2.05, 4.69) is 21.9 Å². The van der Waals surface area contributed by atoms with Gasteiger partial charge in [0.2, 0.25) is 0 Å². The quantitative estimate of drug-likeness (QED) is 0.863. The molecule has 1 fully saturated rings. The molecule has 3 heterocycles. The van der Waals surface area contributed by atoms with Crippen LogP contribution in [0.5, 0.6) is 0 Å². The van der Waals surface area contributed by atoms with Crippen molar-refractivity contribution >= 4 is 22.4 Å². The molecule has 0 aromatic carbocycles. The number of carbonyl (C=O) groups is 1. The Morgan fingerprint density at radius 2 is 2.10 bits per heavy atom. The minimum atomic E-state index is 0.0831. The standard InChI is InChI=1S/C14H19N5OS/c1-2-6-19-12(3-4-16-19)13(20)17-7-9-18(10-8-17)14-15-5-11-21-14/h3-5,11H,2,6-10H2,1H3. The second-order valence-corrected chi connectivity index (χ2v) is 5.91. The smallest absolute Gasteiger partial charge is 0.272 e. The van der Waals surface area contributed by atoms with Crippen LogP contribution in [0.15, 0.2) is 23.8 Å². The van der Waals surface area contributed by atoms with Gasteiger partial charge >= 0.3 is 0 Å². The molecule has 0 saturated carbocycles. The van der Waals surface area contributed by atoms with Gasteiger partial charge in [0.25, 0.3) is 5.91 Å². The second-order valence-electron chi connectivity index (χ2n) is 5.03. The second kappa shape index (κ2) is 6.26. The number of aryl methyl sites for hydroxylation is 1. The molecule has 6 nitrogen and oxygen atoms in total. The van der Waals surface area contributed by atoms with Crippen LogP contribution in [0.1, 0.15) is 23.8 Å². The number of thiazole rings is 1. The van der Waals surface area contributed by atoms with Crippen LogP contribution in [-0.4, -0.2) is 51.8 Å². The maximum absolute atomic E-state index is 12.6. The number of carbonyl (C=O) groups excluding carboxylic acids is 1. The predicted molar refractivity (Wildman–Crippen MR) is 82.7 cm³/mol. The van der Waals surface area contributed by atoms with Gasteiger partial charge in [0.05, 0.1) is 0 Å². The summed E-state index contributed by atoms with van der Waals surface area (Å²) in [4.78, 5) is 21.1. The highest BCUT2D eigenvalue weighted by Crippen LogP contribution is 2.19. The largest absolute Gasteiger partial charge is 0.345 e. The molecule has 0 spiro atoms. The third kappa shape index (κ3) is 2.92. The van der Waals surface area contributed by atoms with Crippen molar-refractivity contribution in [2.45, 2.75) is 19.9 Å². The Morgan fingerprint density at radius 3 is 2.76 bits per heavy atom. The first kappa shape index (κ1) is 14.1. The zero-order chi connectivity index (χ0) is 14.7. The highest BCUT2D eigenvalue weighted by Gasteiger charge is 2.25. The lowest BCUT2D eigenvalue weighted by Gasteiger charge is -2.34. The van der Waals surface area contributed by atoms with Crippen LogP contribution in [0.25, 0.3) is 0 Å². The van der Waals surface area contributed by atoms with Crippen molar-refractivity contribution in [2.24, 2.45) is 0 Å². The number of aromatic nitrogens is 3. The molecular formula is C14H19N5OS. The molecule has 1 aliphatic rings. The molecule has 0 aliphatic carbocycles. The predicted octanol–water partition coefficient (Wildman–Crippen LogP) is 1.71. The lowest BCUT2D eigenvalue weighted by Crippen LogP contribution is -2.49. The summed E-state index contributed by atoms with van der Waals surface area (Å²) in [6.45, 7) is 6.00. The third-order valence-corrected chi connectivity index (χ3v) is 4.46. The lowest BCUT2D eigenvalue weighted by molar-refractivity contribution is 0.0734. The molecule has 1 saturated heterocycles. The van der Waals surface area contributed by atoms with Gasteiger partial charge in [-0.3, -0.25) is 9.48 Å². The van der Waals surface area contributed by atoms with Crippen LogP contribution in [0.2, 0.25) is 0 Å². The summed E-state index contributed by atoms with van der Waals surface area (Å²) in [6.07, 6.45) is 4.50. The Hall–Kier alpha value is -1.89. The summed E-state index contributed by atoms with van der Waals surface area (Å²) in [5.74, 6) is 0.0831. The topological polar surface area (TPSA) is 54.3 Å². The molecule has 7 heteroatoms. The summed E-state index contributed by atoms with van der Waals surface area (Å²) in [5, 5.41) is 7.25. The van der Waals surface area contributed by atoms with E-state index in [0.29, 0.717) is 5.69 Å². The summed E-state index contributed by atoms with van der Waals surface area (Å²) in [6, 6.07) is 1.81. The van der Waals surface area contributed by atoms with E-state index in [-0.39, 0.29) is 5.91 Å². The molecule has 2 aromatic rings. The summed E-state index contributed by atoms with van der Waals surface area (Å²) in [5.41, 5.74) is 0.694. The van der Waals surface area contributed by atoms with Gasteiger partial charge in [0, 0.05) is 50.5 Å². The molecule has 21 heavy (non-hydrogen) atoms. The highest BCUT2D eigenvalue weighted by molar-refractivity contribution is 7.13. The van der Waals surface area contributed by atoms with Gasteiger partial charge in [-0.2, -0.15) is 5.10 Å². The van der Waals surface area contributed by atoms with Crippen molar-refractivity contribution in [3.05, 3.63) is 29.5 Å². The van der Waals surface area contributed by atoms with E-state index in [1.165, 1.54) is 0 Å². The van der Waals surface area contributed by atoms with E-state index in [0.717, 1.165) is 44.3 Å². The van der Waals surface area contributed by atoms with E-state index in [1.54, 1.807) is 22.2 Å². The Labute approximate surface area is 128 Å². The minimum Gasteiger partial charge on any atom is -0.345 e. The average molecular weight is 305 g/mol. The maximum Gasteiger partial charge on any atom is 0.272 e. The fraction of sp³-hybridized carbons (Fsp3) is 0.500. The van der Waals surface area contributed by atoms with E-state index in [1.807, 2.05) is 22.5 Å². The minimum absolute atomic E-state index is 0.0831. The van der Waals surface area contributed by atoms with Crippen LogP contribution >= 0.6 is 11.3 Å². The van der Waals surface area contributed by atoms with E-state index in [4.69, 9.17) is 0 Å². The number of anilines is 1. The van der Waals surface area contributed by atoms with Crippen LogP contribution in [0.4, 0.5) is 5.13 Å². The van der Waals surface area contributed by atoms with Gasteiger partial charge in [0.1, 0.15) is 5.69 Å². The molecule has 0 bridgehead atoms. The first-order valence-corrected chi connectivity index (χ1v) is 8.13. The van der Waals surface area contributed by atoms with Crippen LogP contribution in [0, 0.1) is 0 Å². The Morgan fingerprint density at radius 1 is 1.29 bits per heavy atom.